The number of hydrogen-bond acceptors (Lipinski definition) is 4. The first-order valence-electron chi connectivity index (χ1n) is 4.15. The van der Waals surface area contributed by atoms with E-state index in [0.717, 1.165) is 0 Å². The van der Waals surface area contributed by atoms with Crippen molar-refractivity contribution in [1.29, 1.82) is 5.26 Å². The highest BCUT2D eigenvalue weighted by Gasteiger charge is 2.16. The van der Waals surface area contributed by atoms with Crippen LogP contribution in [0.3, 0.4) is 0 Å². The number of esters is 1. The third kappa shape index (κ3) is 2.09. The molecular formula is C10H9ClN2O2. The predicted molar refractivity (Wildman–Crippen MR) is 55.4 cm³/mol. The van der Waals surface area contributed by atoms with E-state index in [2.05, 4.69) is 4.74 Å². The Morgan fingerprint density at radius 2 is 2.33 bits per heavy atom. The number of rotatable bonds is 2. The summed E-state index contributed by atoms with van der Waals surface area (Å²) in [4.78, 5) is 11.3. The first kappa shape index (κ1) is 11.5. The van der Waals surface area contributed by atoms with Gasteiger partial charge >= 0.3 is 5.97 Å². The fourth-order valence-corrected chi connectivity index (χ4v) is 1.47. The summed E-state index contributed by atoms with van der Waals surface area (Å²) in [5.41, 5.74) is 6.39. The molecular weight excluding hydrogens is 216 g/mol. The average Bonchev–Trinajstić information content (AvgIpc) is 2.27. The number of benzene rings is 1. The molecule has 1 rings (SSSR count). The van der Waals surface area contributed by atoms with E-state index in [1.165, 1.54) is 19.2 Å². The lowest BCUT2D eigenvalue weighted by Crippen LogP contribution is -2.11. The standard InChI is InChI=1S/C10H9ClN2O2/c1-15-10(14)6-2-3-9(11)8(5-13)7(6)4-12/h2-3H,4,12H2,1H3. The Kier molecular flexibility index (Phi) is 3.67. The van der Waals surface area contributed by atoms with Gasteiger partial charge in [-0.15, -0.1) is 0 Å². The molecule has 2 N–H and O–H groups in total. The quantitative estimate of drug-likeness (QED) is 0.772. The molecule has 0 amide bonds. The summed E-state index contributed by atoms with van der Waals surface area (Å²) in [5.74, 6) is -0.524. The van der Waals surface area contributed by atoms with Crippen LogP contribution < -0.4 is 5.73 Å². The molecule has 1 aromatic rings. The molecule has 0 radical (unpaired) electrons. The number of methoxy groups -OCH3 is 1. The minimum absolute atomic E-state index is 0.0634. The first-order valence-corrected chi connectivity index (χ1v) is 4.53. The Hall–Kier alpha value is -1.57. The monoisotopic (exact) mass is 224 g/mol. The number of nitrogens with two attached hydrogens (primary N) is 1. The van der Waals surface area contributed by atoms with Gasteiger partial charge in [0.15, 0.2) is 0 Å². The second-order valence-corrected chi connectivity index (χ2v) is 3.16. The Bertz CT molecular complexity index is 438. The summed E-state index contributed by atoms with van der Waals surface area (Å²) in [7, 11) is 1.27. The van der Waals surface area contributed by atoms with Crippen molar-refractivity contribution in [3.63, 3.8) is 0 Å². The van der Waals surface area contributed by atoms with Gasteiger partial charge in [0.2, 0.25) is 0 Å². The normalized spacial score (nSPS) is 9.47. The molecule has 15 heavy (non-hydrogen) atoms. The van der Waals surface area contributed by atoms with Crippen LogP contribution in [0.2, 0.25) is 5.02 Å². The number of ether oxygens (including phenoxy) is 1. The topological polar surface area (TPSA) is 76.1 Å². The van der Waals surface area contributed by atoms with Gasteiger partial charge in [-0.05, 0) is 17.7 Å². The molecule has 0 saturated carbocycles. The number of nitrogens with zero attached hydrogens (tertiary/aromatic N) is 1. The second-order valence-electron chi connectivity index (χ2n) is 2.76. The Morgan fingerprint density at radius 1 is 1.67 bits per heavy atom. The predicted octanol–water partition coefficient (Wildman–Crippen LogP) is 1.46. The van der Waals surface area contributed by atoms with Crippen LogP contribution >= 0.6 is 11.6 Å². The van der Waals surface area contributed by atoms with Crippen molar-refractivity contribution in [2.45, 2.75) is 6.54 Å². The average molecular weight is 225 g/mol. The summed E-state index contributed by atoms with van der Waals surface area (Å²) in [6.45, 7) is 0.0634. The van der Waals surface area contributed by atoms with Crippen LogP contribution in [0.4, 0.5) is 0 Å². The Labute approximate surface area is 92.2 Å². The van der Waals surface area contributed by atoms with E-state index in [4.69, 9.17) is 22.6 Å². The maximum atomic E-state index is 11.3. The highest BCUT2D eigenvalue weighted by molar-refractivity contribution is 6.32. The number of nitriles is 1. The lowest BCUT2D eigenvalue weighted by Gasteiger charge is -2.08. The molecule has 0 fully saturated rings. The largest absolute Gasteiger partial charge is 0.465 e. The molecule has 0 heterocycles. The molecule has 0 aromatic heterocycles. The molecule has 0 unspecified atom stereocenters. The molecule has 0 spiro atoms. The van der Waals surface area contributed by atoms with Crippen molar-refractivity contribution in [3.8, 4) is 6.07 Å². The summed E-state index contributed by atoms with van der Waals surface area (Å²) < 4.78 is 4.57. The van der Waals surface area contributed by atoms with E-state index in [9.17, 15) is 4.79 Å². The molecule has 0 aliphatic carbocycles. The van der Waals surface area contributed by atoms with Crippen LogP contribution in [-0.4, -0.2) is 13.1 Å². The molecule has 5 heteroatoms. The van der Waals surface area contributed by atoms with Crippen LogP contribution in [0.1, 0.15) is 21.5 Å². The van der Waals surface area contributed by atoms with Gasteiger partial charge in [0.05, 0.1) is 23.3 Å². The zero-order chi connectivity index (χ0) is 11.4. The van der Waals surface area contributed by atoms with Gasteiger partial charge in [-0.2, -0.15) is 5.26 Å². The molecule has 0 atom stereocenters. The Balaban J connectivity index is 3.43. The summed E-state index contributed by atoms with van der Waals surface area (Å²) in [6, 6.07) is 4.89. The van der Waals surface area contributed by atoms with Gasteiger partial charge in [0.1, 0.15) is 6.07 Å². The van der Waals surface area contributed by atoms with E-state index in [-0.39, 0.29) is 22.7 Å². The van der Waals surface area contributed by atoms with E-state index in [1.54, 1.807) is 0 Å². The van der Waals surface area contributed by atoms with Crippen LogP contribution in [0.25, 0.3) is 0 Å². The van der Waals surface area contributed by atoms with Crippen molar-refractivity contribution in [2.75, 3.05) is 7.11 Å². The Morgan fingerprint density at radius 3 is 2.80 bits per heavy atom. The van der Waals surface area contributed by atoms with Gasteiger partial charge in [-0.3, -0.25) is 0 Å². The van der Waals surface area contributed by atoms with Crippen molar-refractivity contribution < 1.29 is 9.53 Å². The van der Waals surface area contributed by atoms with Crippen molar-refractivity contribution >= 4 is 17.6 Å². The highest BCUT2D eigenvalue weighted by Crippen LogP contribution is 2.23. The van der Waals surface area contributed by atoms with Crippen molar-refractivity contribution in [1.82, 2.24) is 0 Å². The van der Waals surface area contributed by atoms with Crippen LogP contribution in [0.15, 0.2) is 12.1 Å². The molecule has 0 aliphatic rings. The first-order chi connectivity index (χ1) is 7.15. The van der Waals surface area contributed by atoms with Gasteiger partial charge in [-0.1, -0.05) is 11.6 Å². The molecule has 78 valence electrons. The van der Waals surface area contributed by atoms with Gasteiger partial charge in [0.25, 0.3) is 0 Å². The lowest BCUT2D eigenvalue weighted by molar-refractivity contribution is 0.0599. The van der Waals surface area contributed by atoms with Crippen LogP contribution in [-0.2, 0) is 11.3 Å². The van der Waals surface area contributed by atoms with Crippen molar-refractivity contribution in [2.24, 2.45) is 5.73 Å². The zero-order valence-corrected chi connectivity index (χ0v) is 8.84. The summed E-state index contributed by atoms with van der Waals surface area (Å²) in [5, 5.41) is 9.15. The molecule has 1 aromatic carbocycles. The third-order valence-electron chi connectivity index (χ3n) is 1.98. The lowest BCUT2D eigenvalue weighted by atomic mass is 10.0. The molecule has 0 saturated heterocycles. The SMILES string of the molecule is COC(=O)c1ccc(Cl)c(C#N)c1CN. The maximum Gasteiger partial charge on any atom is 0.338 e. The van der Waals surface area contributed by atoms with Crippen LogP contribution in [0, 0.1) is 11.3 Å². The van der Waals surface area contributed by atoms with Crippen LogP contribution in [0.5, 0.6) is 0 Å². The number of hydrogen-bond donors (Lipinski definition) is 1. The minimum Gasteiger partial charge on any atom is -0.465 e. The molecule has 4 nitrogen and oxygen atoms in total. The number of carbonyl (C=O) groups is 1. The summed E-state index contributed by atoms with van der Waals surface area (Å²) >= 11 is 5.80. The maximum absolute atomic E-state index is 11.3. The fourth-order valence-electron chi connectivity index (χ4n) is 1.25. The fraction of sp³-hybridized carbons (Fsp3) is 0.200. The number of halogens is 1. The summed E-state index contributed by atoms with van der Waals surface area (Å²) in [6.07, 6.45) is 0. The molecule has 0 aliphatic heterocycles. The number of carbonyl (C=O) groups excluding carboxylic acids is 1. The van der Waals surface area contributed by atoms with Gasteiger partial charge in [0, 0.05) is 6.54 Å². The van der Waals surface area contributed by atoms with E-state index in [0.29, 0.717) is 5.56 Å². The smallest absolute Gasteiger partial charge is 0.338 e. The minimum atomic E-state index is -0.524. The van der Waals surface area contributed by atoms with Gasteiger partial charge in [-0.25, -0.2) is 4.79 Å². The molecule has 0 bridgehead atoms. The van der Waals surface area contributed by atoms with Gasteiger partial charge < -0.3 is 10.5 Å². The second kappa shape index (κ2) is 4.78. The van der Waals surface area contributed by atoms with E-state index < -0.39 is 5.97 Å². The van der Waals surface area contributed by atoms with Crippen molar-refractivity contribution in [3.05, 3.63) is 33.8 Å². The van der Waals surface area contributed by atoms with E-state index >= 15 is 0 Å². The highest BCUT2D eigenvalue weighted by atomic mass is 35.5. The van der Waals surface area contributed by atoms with E-state index in [1.807, 2.05) is 6.07 Å². The third-order valence-corrected chi connectivity index (χ3v) is 2.30. The zero-order valence-electron chi connectivity index (χ0n) is 8.08.